The molecule has 0 fully saturated rings. The van der Waals surface area contributed by atoms with Gasteiger partial charge in [-0.15, -0.1) is 4.91 Å². The number of nitroso groups, excluding NO2 is 1. The molecule has 158 valence electrons. The van der Waals surface area contributed by atoms with E-state index in [1.54, 1.807) is 42.5 Å². The number of phenols is 1. The number of anilines is 3. The molecule has 4 rings (SSSR count). The third kappa shape index (κ3) is 4.84. The molecule has 9 heteroatoms. The molecule has 0 amide bonds. The minimum atomic E-state index is -1.79. The highest BCUT2D eigenvalue weighted by atomic mass is 32.2. The Morgan fingerprint density at radius 3 is 2.39 bits per heavy atom. The largest absolute Gasteiger partial charge is 0.508 e. The number of hydrogen-bond donors (Lipinski definition) is 4. The first-order valence-corrected chi connectivity index (χ1v) is 10.5. The molecule has 1 unspecified atom stereocenters. The zero-order valence-electron chi connectivity index (χ0n) is 16.7. The average molecular weight is 436 g/mol. The fourth-order valence-corrected chi connectivity index (χ4v) is 3.75. The molecule has 4 N–H and O–H groups in total. The fraction of sp³-hybridized carbons (Fsp3) is 0.182. The molecule has 1 aliphatic carbocycles. The summed E-state index contributed by atoms with van der Waals surface area (Å²) in [5.41, 5.74) is -0.635. The van der Waals surface area contributed by atoms with Crippen LogP contribution >= 0.6 is 11.9 Å². The molecule has 8 nitrogen and oxygen atoms in total. The van der Waals surface area contributed by atoms with Crippen molar-refractivity contribution in [3.8, 4) is 5.75 Å². The molecule has 0 aliphatic heterocycles. The molecule has 0 saturated carbocycles. The number of aliphatic hydroxyl groups is 1. The van der Waals surface area contributed by atoms with E-state index in [4.69, 9.17) is 9.97 Å². The minimum absolute atomic E-state index is 0.180. The highest BCUT2D eigenvalue weighted by Gasteiger charge is 2.24. The van der Waals surface area contributed by atoms with Gasteiger partial charge in [-0.1, -0.05) is 24.3 Å². The predicted octanol–water partition coefficient (Wildman–Crippen LogP) is 3.33. The van der Waals surface area contributed by atoms with Gasteiger partial charge in [0, 0.05) is 16.1 Å². The lowest BCUT2D eigenvalue weighted by Crippen LogP contribution is -2.34. The summed E-state index contributed by atoms with van der Waals surface area (Å²) >= 11 is 1.28. The fourth-order valence-electron chi connectivity index (χ4n) is 3.06. The van der Waals surface area contributed by atoms with E-state index in [2.05, 4.69) is 27.4 Å². The van der Waals surface area contributed by atoms with Crippen LogP contribution in [0, 0.1) is 4.91 Å². The molecule has 2 aromatic carbocycles. The van der Waals surface area contributed by atoms with Crippen molar-refractivity contribution in [2.24, 2.45) is 5.18 Å². The second kappa shape index (κ2) is 8.75. The SMILES string of the molecule is CC(O)(N=O)c1cccc(SNc2nc3c(nc2Nc2ccc(O)cc2)=CCCC=3)c1. The summed E-state index contributed by atoms with van der Waals surface area (Å²) in [6.45, 7) is 1.35. The third-order valence-corrected chi connectivity index (χ3v) is 5.53. The molecular weight excluding hydrogens is 414 g/mol. The molecule has 1 atom stereocenters. The molecule has 0 bridgehead atoms. The number of hydrogen-bond acceptors (Lipinski definition) is 9. The predicted molar refractivity (Wildman–Crippen MR) is 122 cm³/mol. The number of phenolic OH excluding ortho intramolecular Hbond substituents is 1. The van der Waals surface area contributed by atoms with Crippen LogP contribution in [0.4, 0.5) is 17.3 Å². The van der Waals surface area contributed by atoms with Gasteiger partial charge in [-0.25, -0.2) is 9.97 Å². The van der Waals surface area contributed by atoms with Crippen LogP contribution in [0.3, 0.4) is 0 Å². The molecule has 31 heavy (non-hydrogen) atoms. The number of fused-ring (bicyclic) bond motifs is 1. The standard InChI is InChI=1S/C22H21N5O3S/c1-22(29,27-30)14-5-4-6-17(13-14)31-26-21-20(23-15-9-11-16(28)12-10-15)24-18-7-2-3-8-19(18)25-21/h4-13,28-29H,2-3H2,1H3,(H,23,24)(H,25,26). The number of aromatic hydroxyl groups is 1. The van der Waals surface area contributed by atoms with E-state index in [0.29, 0.717) is 17.2 Å². The van der Waals surface area contributed by atoms with Crippen molar-refractivity contribution >= 4 is 41.4 Å². The van der Waals surface area contributed by atoms with Gasteiger partial charge in [0.15, 0.2) is 11.6 Å². The second-order valence-electron chi connectivity index (χ2n) is 7.19. The van der Waals surface area contributed by atoms with Crippen molar-refractivity contribution in [2.75, 3.05) is 10.0 Å². The van der Waals surface area contributed by atoms with Crippen LogP contribution in [-0.2, 0) is 5.72 Å². The highest BCUT2D eigenvalue weighted by Crippen LogP contribution is 2.29. The quantitative estimate of drug-likeness (QED) is 0.253. The summed E-state index contributed by atoms with van der Waals surface area (Å²) in [7, 11) is 0. The summed E-state index contributed by atoms with van der Waals surface area (Å²) < 4.78 is 3.21. The molecule has 1 aromatic heterocycles. The van der Waals surface area contributed by atoms with E-state index >= 15 is 0 Å². The molecule has 0 saturated heterocycles. The van der Waals surface area contributed by atoms with Gasteiger partial charge >= 0.3 is 0 Å². The maximum Gasteiger partial charge on any atom is 0.220 e. The monoisotopic (exact) mass is 435 g/mol. The van der Waals surface area contributed by atoms with Gasteiger partial charge in [-0.3, -0.25) is 0 Å². The van der Waals surface area contributed by atoms with Crippen molar-refractivity contribution < 1.29 is 10.2 Å². The van der Waals surface area contributed by atoms with Crippen LogP contribution in [0.5, 0.6) is 5.75 Å². The van der Waals surface area contributed by atoms with Crippen molar-refractivity contribution in [3.05, 3.63) is 69.7 Å². The van der Waals surface area contributed by atoms with Gasteiger partial charge < -0.3 is 20.3 Å². The molecule has 1 aliphatic rings. The van der Waals surface area contributed by atoms with Crippen LogP contribution in [-0.4, -0.2) is 20.2 Å². The van der Waals surface area contributed by atoms with Gasteiger partial charge in [0.2, 0.25) is 5.72 Å². The smallest absolute Gasteiger partial charge is 0.220 e. The summed E-state index contributed by atoms with van der Waals surface area (Å²) in [6, 6.07) is 13.6. The molecular formula is C22H21N5O3S. The zero-order chi connectivity index (χ0) is 21.8. The van der Waals surface area contributed by atoms with Crippen LogP contribution in [0.25, 0.3) is 12.2 Å². The lowest BCUT2D eigenvalue weighted by atomic mass is 10.1. The van der Waals surface area contributed by atoms with Crippen molar-refractivity contribution in [1.82, 2.24) is 9.97 Å². The van der Waals surface area contributed by atoms with Gasteiger partial charge in [0.05, 0.1) is 10.7 Å². The Morgan fingerprint density at radius 1 is 1.03 bits per heavy atom. The third-order valence-electron chi connectivity index (χ3n) is 4.75. The van der Waals surface area contributed by atoms with Crippen LogP contribution in [0.15, 0.2) is 58.6 Å². The van der Waals surface area contributed by atoms with Gasteiger partial charge in [-0.05, 0) is 73.3 Å². The van der Waals surface area contributed by atoms with E-state index in [1.807, 2.05) is 6.07 Å². The summed E-state index contributed by atoms with van der Waals surface area (Å²) in [5.74, 6) is 1.26. The first kappa shape index (κ1) is 20.8. The number of benzene rings is 2. The van der Waals surface area contributed by atoms with Crippen molar-refractivity contribution in [2.45, 2.75) is 30.4 Å². The summed E-state index contributed by atoms with van der Waals surface area (Å²) in [5, 5.41) is 27.3. The Hall–Kier alpha value is -3.43. The molecule has 1 heterocycles. The Kier molecular flexibility index (Phi) is 5.88. The number of nitrogens with one attached hydrogen (secondary N) is 2. The van der Waals surface area contributed by atoms with Crippen LogP contribution in [0.1, 0.15) is 25.3 Å². The van der Waals surface area contributed by atoms with E-state index in [9.17, 15) is 15.1 Å². The lowest BCUT2D eigenvalue weighted by Gasteiger charge is -2.16. The first-order chi connectivity index (χ1) is 14.9. The topological polar surface area (TPSA) is 120 Å². The first-order valence-electron chi connectivity index (χ1n) is 9.69. The van der Waals surface area contributed by atoms with E-state index in [0.717, 1.165) is 34.1 Å². The molecule has 3 aromatic rings. The zero-order valence-corrected chi connectivity index (χ0v) is 17.6. The van der Waals surface area contributed by atoms with Crippen molar-refractivity contribution in [1.29, 1.82) is 0 Å². The Bertz CT molecular complexity index is 1230. The minimum Gasteiger partial charge on any atom is -0.508 e. The average Bonchev–Trinajstić information content (AvgIpc) is 2.79. The van der Waals surface area contributed by atoms with Gasteiger partial charge in [0.25, 0.3) is 0 Å². The number of nitrogens with zero attached hydrogens (tertiary/aromatic N) is 3. The number of rotatable bonds is 7. The van der Waals surface area contributed by atoms with Crippen LogP contribution < -0.4 is 20.7 Å². The second-order valence-corrected chi connectivity index (χ2v) is 8.07. The van der Waals surface area contributed by atoms with Gasteiger partial charge in [-0.2, -0.15) is 0 Å². The maximum atomic E-state index is 10.9. The van der Waals surface area contributed by atoms with E-state index in [-0.39, 0.29) is 5.75 Å². The molecule has 0 radical (unpaired) electrons. The Balaban J connectivity index is 1.64. The maximum absolute atomic E-state index is 10.9. The van der Waals surface area contributed by atoms with Gasteiger partial charge in [0.1, 0.15) is 5.75 Å². The highest BCUT2D eigenvalue weighted by molar-refractivity contribution is 8.00. The number of aromatic nitrogens is 2. The Labute approximate surface area is 182 Å². The van der Waals surface area contributed by atoms with Crippen molar-refractivity contribution in [3.63, 3.8) is 0 Å². The normalized spacial score (nSPS) is 14.4. The molecule has 0 spiro atoms. The Morgan fingerprint density at radius 2 is 1.71 bits per heavy atom. The van der Waals surface area contributed by atoms with E-state index in [1.165, 1.54) is 18.9 Å². The lowest BCUT2D eigenvalue weighted by molar-refractivity contribution is 0.0654. The van der Waals surface area contributed by atoms with Crippen LogP contribution in [0.2, 0.25) is 0 Å². The summed E-state index contributed by atoms with van der Waals surface area (Å²) in [6.07, 6.45) is 5.93. The van der Waals surface area contributed by atoms with E-state index < -0.39 is 5.72 Å². The summed E-state index contributed by atoms with van der Waals surface area (Å²) in [4.78, 5) is 21.1.